The van der Waals surface area contributed by atoms with Gasteiger partial charge < -0.3 is 14.4 Å². The smallest absolute Gasteiger partial charge is 0.330 e. The Balaban J connectivity index is 2.07. The molecule has 198 valence electrons. The number of ether oxygens (including phenoxy) is 2. The van der Waals surface area contributed by atoms with Gasteiger partial charge >= 0.3 is 11.9 Å². The van der Waals surface area contributed by atoms with Crippen molar-refractivity contribution in [1.29, 1.82) is 0 Å². The first-order valence-electron chi connectivity index (χ1n) is 12.8. The topological polar surface area (TPSA) is 55.8 Å². The van der Waals surface area contributed by atoms with Crippen LogP contribution < -0.4 is 4.90 Å². The van der Waals surface area contributed by atoms with Gasteiger partial charge in [-0.15, -0.1) is 0 Å². The molecule has 0 N–H and O–H groups in total. The van der Waals surface area contributed by atoms with Crippen molar-refractivity contribution in [2.75, 3.05) is 4.90 Å². The predicted molar refractivity (Wildman–Crippen MR) is 154 cm³/mol. The highest BCUT2D eigenvalue weighted by molar-refractivity contribution is 5.82. The average molecular weight is 512 g/mol. The van der Waals surface area contributed by atoms with Gasteiger partial charge in [0, 0.05) is 29.2 Å². The molecular formula is C33H37NO4. The molecule has 3 rings (SSSR count). The fourth-order valence-electron chi connectivity index (χ4n) is 4.56. The number of carbonyl (C=O) groups excluding carboxylic acids is 2. The van der Waals surface area contributed by atoms with Gasteiger partial charge in [0.25, 0.3) is 0 Å². The third kappa shape index (κ3) is 6.60. The van der Waals surface area contributed by atoms with E-state index in [2.05, 4.69) is 82.2 Å². The fraction of sp³-hybridized carbons (Fsp3) is 0.273. The molecular weight excluding hydrogens is 474 g/mol. The van der Waals surface area contributed by atoms with Gasteiger partial charge in [-0.25, -0.2) is 9.59 Å². The van der Waals surface area contributed by atoms with Crippen molar-refractivity contribution in [2.45, 2.75) is 59.7 Å². The van der Waals surface area contributed by atoms with E-state index < -0.39 is 30.1 Å². The van der Waals surface area contributed by atoms with Crippen LogP contribution in [0.15, 0.2) is 86.0 Å². The molecule has 0 aliphatic carbocycles. The van der Waals surface area contributed by atoms with Crippen LogP contribution in [0.4, 0.5) is 17.1 Å². The number of rotatable bonds is 10. The molecule has 0 saturated carbocycles. The Labute approximate surface area is 226 Å². The maximum absolute atomic E-state index is 11.9. The number of benzene rings is 3. The first-order chi connectivity index (χ1) is 18.0. The van der Waals surface area contributed by atoms with E-state index in [0.717, 1.165) is 34.8 Å². The molecule has 0 spiro atoms. The summed E-state index contributed by atoms with van der Waals surface area (Å²) in [6.07, 6.45) is 1.13. The van der Waals surface area contributed by atoms with Gasteiger partial charge in [-0.3, -0.25) is 0 Å². The van der Waals surface area contributed by atoms with Crippen LogP contribution in [-0.4, -0.2) is 24.1 Å². The standard InChI is InChI=1S/C33H37NO4/c1-9-31(35)37-25(7)33(26(8)38-32(36)10-2)27-13-17-28(18-14-27)34(29-15-11-21(3)23(5)19-29)30-16-12-22(4)24(6)20-30/h9-20,25-26,33H,1-2H2,3-8H3. The van der Waals surface area contributed by atoms with Crippen LogP contribution in [0.1, 0.15) is 47.6 Å². The van der Waals surface area contributed by atoms with E-state index in [1.54, 1.807) is 13.8 Å². The highest BCUT2D eigenvalue weighted by Gasteiger charge is 2.30. The molecule has 5 heteroatoms. The zero-order valence-corrected chi connectivity index (χ0v) is 23.2. The molecule has 3 aromatic carbocycles. The highest BCUT2D eigenvalue weighted by Crippen LogP contribution is 2.38. The lowest BCUT2D eigenvalue weighted by Gasteiger charge is -2.30. The lowest BCUT2D eigenvalue weighted by molar-refractivity contribution is -0.149. The maximum Gasteiger partial charge on any atom is 0.330 e. The summed E-state index contributed by atoms with van der Waals surface area (Å²) in [6.45, 7) is 19.0. The third-order valence-corrected chi connectivity index (χ3v) is 6.98. The van der Waals surface area contributed by atoms with Crippen molar-refractivity contribution < 1.29 is 19.1 Å². The van der Waals surface area contributed by atoms with E-state index in [4.69, 9.17) is 9.47 Å². The van der Waals surface area contributed by atoms with E-state index >= 15 is 0 Å². The number of hydrogen-bond acceptors (Lipinski definition) is 5. The summed E-state index contributed by atoms with van der Waals surface area (Å²) in [5, 5.41) is 0. The first-order valence-corrected chi connectivity index (χ1v) is 12.8. The second-order valence-electron chi connectivity index (χ2n) is 9.68. The van der Waals surface area contributed by atoms with Gasteiger partial charge in [0.15, 0.2) is 0 Å². The van der Waals surface area contributed by atoms with E-state index in [1.807, 2.05) is 24.3 Å². The fourth-order valence-corrected chi connectivity index (χ4v) is 4.56. The molecule has 38 heavy (non-hydrogen) atoms. The molecule has 2 unspecified atom stereocenters. The first kappa shape index (κ1) is 28.5. The summed E-state index contributed by atoms with van der Waals surface area (Å²) in [7, 11) is 0. The van der Waals surface area contributed by atoms with Crippen molar-refractivity contribution in [3.63, 3.8) is 0 Å². The molecule has 0 amide bonds. The molecule has 3 aromatic rings. The molecule has 5 nitrogen and oxygen atoms in total. The SMILES string of the molecule is C=CC(=O)OC(C)C(c1ccc(N(c2ccc(C)c(C)c2)c2ccc(C)c(C)c2)cc1)C(C)OC(=O)C=C. The summed E-state index contributed by atoms with van der Waals surface area (Å²) in [5.74, 6) is -1.46. The molecule has 0 saturated heterocycles. The Morgan fingerprint density at radius 1 is 0.658 bits per heavy atom. The van der Waals surface area contributed by atoms with Crippen LogP contribution in [0.5, 0.6) is 0 Å². The number of carbonyl (C=O) groups is 2. The average Bonchev–Trinajstić information content (AvgIpc) is 2.89. The summed E-state index contributed by atoms with van der Waals surface area (Å²) in [4.78, 5) is 26.1. The number of aryl methyl sites for hydroxylation is 4. The number of nitrogens with zero attached hydrogens (tertiary/aromatic N) is 1. The highest BCUT2D eigenvalue weighted by atomic mass is 16.6. The number of esters is 2. The number of anilines is 3. The van der Waals surface area contributed by atoms with Crippen molar-refractivity contribution in [1.82, 2.24) is 0 Å². The molecule has 0 aliphatic heterocycles. The third-order valence-electron chi connectivity index (χ3n) is 6.98. The molecule has 0 fully saturated rings. The zero-order chi connectivity index (χ0) is 28.0. The number of hydrogen-bond donors (Lipinski definition) is 0. The Kier molecular flexibility index (Phi) is 9.30. The van der Waals surface area contributed by atoms with E-state index in [9.17, 15) is 9.59 Å². The lowest BCUT2D eigenvalue weighted by atomic mass is 9.89. The quantitative estimate of drug-likeness (QED) is 0.206. The van der Waals surface area contributed by atoms with Gasteiger partial charge in [0.05, 0.1) is 5.92 Å². The zero-order valence-electron chi connectivity index (χ0n) is 23.2. The second kappa shape index (κ2) is 12.4. The van der Waals surface area contributed by atoms with Crippen LogP contribution in [0.3, 0.4) is 0 Å². The van der Waals surface area contributed by atoms with Crippen LogP contribution in [0, 0.1) is 27.7 Å². The Hall–Kier alpha value is -4.12. The maximum atomic E-state index is 11.9. The minimum Gasteiger partial charge on any atom is -0.459 e. The van der Waals surface area contributed by atoms with Crippen molar-refractivity contribution in [3.05, 3.63) is 114 Å². The van der Waals surface area contributed by atoms with E-state index in [-0.39, 0.29) is 0 Å². The Bertz CT molecular complexity index is 1250. The summed E-state index contributed by atoms with van der Waals surface area (Å²) >= 11 is 0. The monoisotopic (exact) mass is 511 g/mol. The van der Waals surface area contributed by atoms with Crippen molar-refractivity contribution in [3.8, 4) is 0 Å². The van der Waals surface area contributed by atoms with E-state index in [0.29, 0.717) is 0 Å². The molecule has 0 bridgehead atoms. The largest absolute Gasteiger partial charge is 0.459 e. The summed E-state index contributed by atoms with van der Waals surface area (Å²) in [5.41, 5.74) is 8.86. The predicted octanol–water partition coefficient (Wildman–Crippen LogP) is 7.71. The molecule has 2 atom stereocenters. The van der Waals surface area contributed by atoms with Gasteiger partial charge in [0.1, 0.15) is 12.2 Å². The van der Waals surface area contributed by atoms with Crippen molar-refractivity contribution >= 4 is 29.0 Å². The molecule has 0 aromatic heterocycles. The van der Waals surface area contributed by atoms with Crippen LogP contribution >= 0.6 is 0 Å². The van der Waals surface area contributed by atoms with Gasteiger partial charge in [0.2, 0.25) is 0 Å². The molecule has 0 heterocycles. The molecule has 0 radical (unpaired) electrons. The van der Waals surface area contributed by atoms with Crippen LogP contribution in [0.2, 0.25) is 0 Å². The normalized spacial score (nSPS) is 13.1. The second-order valence-corrected chi connectivity index (χ2v) is 9.68. The minimum atomic E-state index is -0.561. The summed E-state index contributed by atoms with van der Waals surface area (Å²) in [6, 6.07) is 21.0. The van der Waals surface area contributed by atoms with Gasteiger partial charge in [-0.1, -0.05) is 37.4 Å². The summed E-state index contributed by atoms with van der Waals surface area (Å²) < 4.78 is 11.1. The Morgan fingerprint density at radius 3 is 1.42 bits per heavy atom. The minimum absolute atomic E-state index is 0.395. The lowest BCUT2D eigenvalue weighted by Crippen LogP contribution is -2.32. The van der Waals surface area contributed by atoms with Gasteiger partial charge in [-0.2, -0.15) is 0 Å². The van der Waals surface area contributed by atoms with Crippen LogP contribution in [0.25, 0.3) is 0 Å². The molecule has 0 aliphatic rings. The van der Waals surface area contributed by atoms with Crippen LogP contribution in [-0.2, 0) is 19.1 Å². The van der Waals surface area contributed by atoms with Gasteiger partial charge in [-0.05, 0) is 106 Å². The van der Waals surface area contributed by atoms with E-state index in [1.165, 1.54) is 22.3 Å². The Morgan fingerprint density at radius 2 is 1.05 bits per heavy atom. The van der Waals surface area contributed by atoms with Crippen molar-refractivity contribution in [2.24, 2.45) is 0 Å².